The number of phenolic OH excluding ortho intramolecular Hbond substituents is 1. The maximum Gasteiger partial charge on any atom is 0.259 e. The summed E-state index contributed by atoms with van der Waals surface area (Å²) in [5.74, 6) is -1.50. The molecule has 0 aliphatic carbocycles. The zero-order valence-electron chi connectivity index (χ0n) is 11.1. The van der Waals surface area contributed by atoms with Crippen LogP contribution in [-0.2, 0) is 0 Å². The average molecular weight is 286 g/mol. The first-order chi connectivity index (χ1) is 10.1. The molecule has 0 unspecified atom stereocenters. The number of halogens is 1. The van der Waals surface area contributed by atoms with Crippen LogP contribution in [0.15, 0.2) is 36.4 Å². The van der Waals surface area contributed by atoms with Gasteiger partial charge in [0.25, 0.3) is 5.91 Å². The third-order valence-corrected chi connectivity index (χ3v) is 2.81. The number of nitriles is 1. The zero-order valence-corrected chi connectivity index (χ0v) is 11.1. The van der Waals surface area contributed by atoms with Crippen LogP contribution in [0.5, 0.6) is 11.5 Å². The number of hydrogen-bond acceptors (Lipinski definition) is 4. The Labute approximate surface area is 120 Å². The summed E-state index contributed by atoms with van der Waals surface area (Å²) in [6, 6.07) is 9.70. The number of carbonyl (C=O) groups excluding carboxylic acids is 1. The topological polar surface area (TPSA) is 82.3 Å². The Balaban J connectivity index is 2.38. The minimum Gasteiger partial charge on any atom is -0.507 e. The van der Waals surface area contributed by atoms with E-state index >= 15 is 0 Å². The Morgan fingerprint density at radius 3 is 2.76 bits per heavy atom. The number of nitrogens with one attached hydrogen (secondary N) is 1. The number of methoxy groups -OCH3 is 1. The molecule has 0 fully saturated rings. The largest absolute Gasteiger partial charge is 0.507 e. The molecule has 6 heteroatoms. The van der Waals surface area contributed by atoms with Crippen LogP contribution in [0.25, 0.3) is 0 Å². The van der Waals surface area contributed by atoms with Crippen LogP contribution in [0.1, 0.15) is 15.9 Å². The van der Waals surface area contributed by atoms with Crippen molar-refractivity contribution in [2.75, 3.05) is 12.4 Å². The second kappa shape index (κ2) is 5.92. The Hall–Kier alpha value is -3.07. The lowest BCUT2D eigenvalue weighted by Crippen LogP contribution is -2.14. The van der Waals surface area contributed by atoms with E-state index in [0.29, 0.717) is 5.75 Å². The fourth-order valence-corrected chi connectivity index (χ4v) is 1.80. The molecule has 0 aliphatic heterocycles. The molecule has 2 rings (SSSR count). The number of ether oxygens (including phenoxy) is 1. The van der Waals surface area contributed by atoms with E-state index in [1.807, 2.05) is 6.07 Å². The van der Waals surface area contributed by atoms with Crippen molar-refractivity contribution in [1.82, 2.24) is 0 Å². The number of anilines is 1. The lowest BCUT2D eigenvalue weighted by Gasteiger charge is -2.12. The van der Waals surface area contributed by atoms with Crippen molar-refractivity contribution in [3.05, 3.63) is 53.3 Å². The molecule has 2 N–H and O–H groups in total. The molecule has 0 aliphatic rings. The Bertz CT molecular complexity index is 738. The van der Waals surface area contributed by atoms with Gasteiger partial charge in [-0.3, -0.25) is 4.79 Å². The van der Waals surface area contributed by atoms with Gasteiger partial charge in [-0.2, -0.15) is 5.26 Å². The number of benzene rings is 2. The van der Waals surface area contributed by atoms with Crippen LogP contribution < -0.4 is 10.1 Å². The summed E-state index contributed by atoms with van der Waals surface area (Å²) in [5.41, 5.74) is 0.298. The maximum atomic E-state index is 12.9. The molecule has 5 nitrogen and oxygen atoms in total. The summed E-state index contributed by atoms with van der Waals surface area (Å²) in [5, 5.41) is 21.1. The van der Waals surface area contributed by atoms with Crippen LogP contribution in [-0.4, -0.2) is 18.1 Å². The summed E-state index contributed by atoms with van der Waals surface area (Å²) in [7, 11) is 1.40. The van der Waals surface area contributed by atoms with Crippen molar-refractivity contribution in [2.45, 2.75) is 0 Å². The van der Waals surface area contributed by atoms with Gasteiger partial charge in [0.15, 0.2) is 0 Å². The number of amides is 1. The minimum atomic E-state index is -0.673. The molecule has 0 atom stereocenters. The van der Waals surface area contributed by atoms with Crippen LogP contribution >= 0.6 is 0 Å². The van der Waals surface area contributed by atoms with E-state index in [0.717, 1.165) is 18.2 Å². The van der Waals surface area contributed by atoms with E-state index in [-0.39, 0.29) is 16.8 Å². The molecule has 0 radical (unpaired) electrons. The van der Waals surface area contributed by atoms with Gasteiger partial charge >= 0.3 is 0 Å². The summed E-state index contributed by atoms with van der Waals surface area (Å²) < 4.78 is 18.0. The number of carbonyl (C=O) groups is 1. The van der Waals surface area contributed by atoms with E-state index in [2.05, 4.69) is 5.32 Å². The lowest BCUT2D eigenvalue weighted by atomic mass is 10.1. The zero-order chi connectivity index (χ0) is 15.4. The average Bonchev–Trinajstić information content (AvgIpc) is 2.47. The van der Waals surface area contributed by atoms with Crippen molar-refractivity contribution >= 4 is 11.6 Å². The fraction of sp³-hybridized carbons (Fsp3) is 0.0667. The van der Waals surface area contributed by atoms with Gasteiger partial charge in [0.2, 0.25) is 0 Å². The highest BCUT2D eigenvalue weighted by Crippen LogP contribution is 2.29. The van der Waals surface area contributed by atoms with Crippen molar-refractivity contribution in [1.29, 1.82) is 5.26 Å². The SMILES string of the molecule is COc1cccc(C#N)c1NC(=O)c1ccc(F)cc1O. The lowest BCUT2D eigenvalue weighted by molar-refractivity contribution is 0.102. The molecule has 2 aromatic carbocycles. The molecule has 0 saturated carbocycles. The van der Waals surface area contributed by atoms with Crippen molar-refractivity contribution in [2.24, 2.45) is 0 Å². The van der Waals surface area contributed by atoms with E-state index < -0.39 is 17.5 Å². The van der Waals surface area contributed by atoms with Gasteiger partial charge in [-0.1, -0.05) is 6.07 Å². The van der Waals surface area contributed by atoms with Crippen LogP contribution in [0.2, 0.25) is 0 Å². The Morgan fingerprint density at radius 2 is 2.14 bits per heavy atom. The highest BCUT2D eigenvalue weighted by atomic mass is 19.1. The number of nitrogens with zero attached hydrogens (tertiary/aromatic N) is 1. The van der Waals surface area contributed by atoms with Gasteiger partial charge in [0.1, 0.15) is 29.1 Å². The van der Waals surface area contributed by atoms with Crippen molar-refractivity contribution in [3.63, 3.8) is 0 Å². The third-order valence-electron chi connectivity index (χ3n) is 2.81. The van der Waals surface area contributed by atoms with Crippen LogP contribution in [0, 0.1) is 17.1 Å². The quantitative estimate of drug-likeness (QED) is 0.908. The smallest absolute Gasteiger partial charge is 0.259 e. The minimum absolute atomic E-state index is 0.105. The molecule has 106 valence electrons. The van der Waals surface area contributed by atoms with E-state index in [1.165, 1.54) is 13.2 Å². The first-order valence-electron chi connectivity index (χ1n) is 5.93. The summed E-state index contributed by atoms with van der Waals surface area (Å²) in [6.07, 6.45) is 0. The van der Waals surface area contributed by atoms with Gasteiger partial charge in [0.05, 0.1) is 18.2 Å². The van der Waals surface area contributed by atoms with E-state index in [1.54, 1.807) is 12.1 Å². The summed E-state index contributed by atoms with van der Waals surface area (Å²) in [4.78, 5) is 12.1. The Kier molecular flexibility index (Phi) is 4.05. The molecular weight excluding hydrogens is 275 g/mol. The first kappa shape index (κ1) is 14.3. The summed E-state index contributed by atoms with van der Waals surface area (Å²) in [6.45, 7) is 0. The standard InChI is InChI=1S/C15H11FN2O3/c1-21-13-4-2-3-9(8-17)14(13)18-15(20)11-6-5-10(16)7-12(11)19/h2-7,19H,1H3,(H,18,20). The highest BCUT2D eigenvalue weighted by Gasteiger charge is 2.16. The first-order valence-corrected chi connectivity index (χ1v) is 5.93. The molecule has 2 aromatic rings. The number of para-hydroxylation sites is 1. The van der Waals surface area contributed by atoms with Crippen LogP contribution in [0.4, 0.5) is 10.1 Å². The molecule has 1 amide bonds. The van der Waals surface area contributed by atoms with Crippen LogP contribution in [0.3, 0.4) is 0 Å². The van der Waals surface area contributed by atoms with Gasteiger partial charge < -0.3 is 15.2 Å². The number of phenols is 1. The van der Waals surface area contributed by atoms with E-state index in [9.17, 15) is 14.3 Å². The van der Waals surface area contributed by atoms with Crippen molar-refractivity contribution < 1.29 is 19.0 Å². The third kappa shape index (κ3) is 2.92. The number of aromatic hydroxyl groups is 1. The number of rotatable bonds is 3. The van der Waals surface area contributed by atoms with Gasteiger partial charge in [-0.15, -0.1) is 0 Å². The van der Waals surface area contributed by atoms with E-state index in [4.69, 9.17) is 10.00 Å². The highest BCUT2D eigenvalue weighted by molar-refractivity contribution is 6.07. The molecule has 21 heavy (non-hydrogen) atoms. The monoisotopic (exact) mass is 286 g/mol. The molecular formula is C15H11FN2O3. The van der Waals surface area contributed by atoms with Gasteiger partial charge in [-0.25, -0.2) is 4.39 Å². The fourth-order valence-electron chi connectivity index (χ4n) is 1.80. The molecule has 0 heterocycles. The normalized spacial score (nSPS) is 9.76. The predicted octanol–water partition coefficient (Wildman–Crippen LogP) is 2.66. The summed E-state index contributed by atoms with van der Waals surface area (Å²) >= 11 is 0. The second-order valence-electron chi connectivity index (χ2n) is 4.11. The molecule has 0 saturated heterocycles. The maximum absolute atomic E-state index is 12.9. The van der Waals surface area contributed by atoms with Gasteiger partial charge in [-0.05, 0) is 24.3 Å². The second-order valence-corrected chi connectivity index (χ2v) is 4.11. The molecule has 0 aromatic heterocycles. The molecule has 0 spiro atoms. The van der Waals surface area contributed by atoms with Crippen molar-refractivity contribution in [3.8, 4) is 17.6 Å². The Morgan fingerprint density at radius 1 is 1.38 bits per heavy atom. The van der Waals surface area contributed by atoms with Gasteiger partial charge in [0, 0.05) is 6.07 Å². The molecule has 0 bridgehead atoms. The predicted molar refractivity (Wildman–Crippen MR) is 73.7 cm³/mol. The number of hydrogen-bond donors (Lipinski definition) is 2.